The van der Waals surface area contributed by atoms with Crippen molar-refractivity contribution in [2.45, 2.75) is 36.8 Å². The molecule has 1 aliphatic heterocycles. The third-order valence-corrected chi connectivity index (χ3v) is 5.25. The van der Waals surface area contributed by atoms with Crippen LogP contribution >= 0.6 is 0 Å². The molecule has 1 saturated carbocycles. The van der Waals surface area contributed by atoms with Gasteiger partial charge in [-0.3, -0.25) is 14.4 Å². The molecule has 1 aliphatic carbocycles. The van der Waals surface area contributed by atoms with Crippen molar-refractivity contribution in [1.82, 2.24) is 15.2 Å². The van der Waals surface area contributed by atoms with Crippen LogP contribution < -0.4 is 10.9 Å². The van der Waals surface area contributed by atoms with Crippen molar-refractivity contribution < 1.29 is 18.4 Å². The number of halogens is 2. The molecule has 0 radical (unpaired) electrons. The predicted octanol–water partition coefficient (Wildman–Crippen LogP) is 1.55. The molecule has 1 aromatic carbocycles. The highest BCUT2D eigenvalue weighted by atomic mass is 19.3. The lowest BCUT2D eigenvalue weighted by Crippen LogP contribution is -2.52. The normalized spacial score (nSPS) is 21.9. The van der Waals surface area contributed by atoms with Crippen LogP contribution in [0.4, 0.5) is 8.78 Å². The zero-order valence-electron chi connectivity index (χ0n) is 14.7. The first-order valence-corrected chi connectivity index (χ1v) is 8.78. The Labute approximate surface area is 157 Å². The minimum Gasteiger partial charge on any atom is -0.338 e. The van der Waals surface area contributed by atoms with E-state index in [1.54, 1.807) is 30.3 Å². The van der Waals surface area contributed by atoms with Crippen LogP contribution in [0, 0.1) is 11.3 Å². The minimum atomic E-state index is -3.12. The van der Waals surface area contributed by atoms with Crippen molar-refractivity contribution in [2.75, 3.05) is 6.54 Å². The third-order valence-electron chi connectivity index (χ3n) is 5.25. The maximum absolute atomic E-state index is 13.7. The topological polar surface area (TPSA) is 106 Å². The summed E-state index contributed by atoms with van der Waals surface area (Å²) in [6, 6.07) is 7.06. The Morgan fingerprint density at radius 2 is 1.93 bits per heavy atom. The Morgan fingerprint density at radius 1 is 1.25 bits per heavy atom. The van der Waals surface area contributed by atoms with Crippen LogP contribution in [0.1, 0.15) is 29.6 Å². The SMILES string of the molecule is N#C[C@@H]1CC(F)(F)CN1C(=O)C1(NC(=O)c2c[nH]c(=O)c3ccccc23)CC1. The number of nitriles is 1. The maximum atomic E-state index is 13.7. The molecule has 0 spiro atoms. The van der Waals surface area contributed by atoms with E-state index in [-0.39, 0.29) is 11.1 Å². The van der Waals surface area contributed by atoms with Crippen LogP contribution in [0.25, 0.3) is 10.8 Å². The quantitative estimate of drug-likeness (QED) is 0.835. The van der Waals surface area contributed by atoms with Crippen LogP contribution in [0.2, 0.25) is 0 Å². The van der Waals surface area contributed by atoms with Crippen molar-refractivity contribution in [2.24, 2.45) is 0 Å². The molecule has 7 nitrogen and oxygen atoms in total. The minimum absolute atomic E-state index is 0.179. The fourth-order valence-corrected chi connectivity index (χ4v) is 3.62. The summed E-state index contributed by atoms with van der Waals surface area (Å²) in [7, 11) is 0. The molecule has 2 fully saturated rings. The fourth-order valence-electron chi connectivity index (χ4n) is 3.62. The van der Waals surface area contributed by atoms with Crippen molar-refractivity contribution in [3.8, 4) is 6.07 Å². The molecule has 2 heterocycles. The summed E-state index contributed by atoms with van der Waals surface area (Å²) in [4.78, 5) is 40.9. The number of likely N-dealkylation sites (tertiary alicyclic amines) is 1. The molecular formula is C19H16F2N4O3. The van der Waals surface area contributed by atoms with Gasteiger partial charge >= 0.3 is 0 Å². The van der Waals surface area contributed by atoms with Gasteiger partial charge in [-0.1, -0.05) is 18.2 Å². The molecule has 2 aromatic rings. The average molecular weight is 386 g/mol. The molecule has 2 aliphatic rings. The standard InChI is InChI=1S/C19H16F2N4O3/c20-19(21)7-11(8-22)25(10-19)17(28)18(5-6-18)24-16(27)14-9-23-15(26)13-4-2-1-3-12(13)14/h1-4,9,11H,5-7,10H2,(H,23,26)(H,24,27)/t11-/m0/s1. The molecule has 1 aromatic heterocycles. The first-order chi connectivity index (χ1) is 13.3. The van der Waals surface area contributed by atoms with Gasteiger partial charge in [0, 0.05) is 23.4 Å². The van der Waals surface area contributed by atoms with Crippen LogP contribution in [-0.4, -0.2) is 45.7 Å². The number of aromatic amines is 1. The number of pyridine rings is 1. The van der Waals surface area contributed by atoms with Crippen LogP contribution in [0.15, 0.2) is 35.3 Å². The Balaban J connectivity index is 1.60. The van der Waals surface area contributed by atoms with Crippen LogP contribution in [0.3, 0.4) is 0 Å². The number of nitrogens with one attached hydrogen (secondary N) is 2. The van der Waals surface area contributed by atoms with Gasteiger partial charge in [0.25, 0.3) is 17.4 Å². The lowest BCUT2D eigenvalue weighted by Gasteiger charge is -2.26. The van der Waals surface area contributed by atoms with Gasteiger partial charge in [-0.25, -0.2) is 8.78 Å². The third kappa shape index (κ3) is 2.91. The Kier molecular flexibility index (Phi) is 3.96. The summed E-state index contributed by atoms with van der Waals surface area (Å²) >= 11 is 0. The zero-order chi connectivity index (χ0) is 20.1. The number of carbonyl (C=O) groups is 2. The second kappa shape index (κ2) is 6.12. The summed E-state index contributed by atoms with van der Waals surface area (Å²) < 4.78 is 27.3. The molecule has 0 unspecified atom stereocenters. The zero-order valence-corrected chi connectivity index (χ0v) is 14.7. The van der Waals surface area contributed by atoms with Gasteiger partial charge in [-0.05, 0) is 18.9 Å². The van der Waals surface area contributed by atoms with Gasteiger partial charge in [0.1, 0.15) is 11.6 Å². The molecule has 144 valence electrons. The number of rotatable bonds is 3. The van der Waals surface area contributed by atoms with Gasteiger partial charge in [-0.15, -0.1) is 0 Å². The average Bonchev–Trinajstić information content (AvgIpc) is 3.37. The summed E-state index contributed by atoms with van der Waals surface area (Å²) in [5, 5.41) is 12.5. The number of aromatic nitrogens is 1. The Hall–Kier alpha value is -3.28. The number of carbonyl (C=O) groups excluding carboxylic acids is 2. The molecule has 0 bridgehead atoms. The number of amides is 2. The van der Waals surface area contributed by atoms with Gasteiger partial charge in [0.2, 0.25) is 5.91 Å². The first-order valence-electron chi connectivity index (χ1n) is 8.78. The number of fused-ring (bicyclic) bond motifs is 1. The smallest absolute Gasteiger partial charge is 0.268 e. The second-order valence-electron chi connectivity index (χ2n) is 7.25. The van der Waals surface area contributed by atoms with E-state index in [1.807, 2.05) is 0 Å². The highest BCUT2D eigenvalue weighted by Gasteiger charge is 2.58. The van der Waals surface area contributed by atoms with Gasteiger partial charge in [-0.2, -0.15) is 5.26 Å². The molecule has 2 amide bonds. The van der Waals surface area contributed by atoms with E-state index in [0.29, 0.717) is 23.6 Å². The van der Waals surface area contributed by atoms with E-state index >= 15 is 0 Å². The molecule has 1 atom stereocenters. The van der Waals surface area contributed by atoms with E-state index in [9.17, 15) is 23.2 Å². The van der Waals surface area contributed by atoms with Gasteiger partial charge in [0.05, 0.1) is 18.2 Å². The Bertz CT molecular complexity index is 1080. The van der Waals surface area contributed by atoms with E-state index in [0.717, 1.165) is 4.90 Å². The monoisotopic (exact) mass is 386 g/mol. The Morgan fingerprint density at radius 3 is 2.57 bits per heavy atom. The predicted molar refractivity (Wildman–Crippen MR) is 94.7 cm³/mol. The molecule has 9 heteroatoms. The maximum Gasteiger partial charge on any atom is 0.268 e. The van der Waals surface area contributed by atoms with E-state index < -0.39 is 42.3 Å². The van der Waals surface area contributed by atoms with Gasteiger partial charge in [0.15, 0.2) is 0 Å². The fraction of sp³-hybridized carbons (Fsp3) is 0.368. The van der Waals surface area contributed by atoms with Crippen molar-refractivity contribution >= 4 is 22.6 Å². The number of hydrogen-bond acceptors (Lipinski definition) is 4. The lowest BCUT2D eigenvalue weighted by molar-refractivity contribution is -0.135. The number of nitrogens with zero attached hydrogens (tertiary/aromatic N) is 2. The lowest BCUT2D eigenvalue weighted by atomic mass is 10.1. The number of hydrogen-bond donors (Lipinski definition) is 2. The number of H-pyrrole nitrogens is 1. The number of benzene rings is 1. The summed E-state index contributed by atoms with van der Waals surface area (Å²) in [5.74, 6) is -4.37. The van der Waals surface area contributed by atoms with Crippen LogP contribution in [-0.2, 0) is 4.79 Å². The highest BCUT2D eigenvalue weighted by molar-refractivity contribution is 6.08. The highest BCUT2D eigenvalue weighted by Crippen LogP contribution is 2.41. The summed E-state index contributed by atoms with van der Waals surface area (Å²) in [6.07, 6.45) is 1.17. The first kappa shape index (κ1) is 18.1. The molecule has 1 saturated heterocycles. The largest absolute Gasteiger partial charge is 0.338 e. The van der Waals surface area contributed by atoms with Crippen LogP contribution in [0.5, 0.6) is 0 Å². The van der Waals surface area contributed by atoms with E-state index in [2.05, 4.69) is 10.3 Å². The van der Waals surface area contributed by atoms with Crippen molar-refractivity contribution in [3.05, 3.63) is 46.4 Å². The van der Waals surface area contributed by atoms with E-state index in [4.69, 9.17) is 5.26 Å². The summed E-state index contributed by atoms with van der Waals surface area (Å²) in [6.45, 7) is -0.830. The van der Waals surface area contributed by atoms with E-state index in [1.165, 1.54) is 6.20 Å². The summed E-state index contributed by atoms with van der Waals surface area (Å²) in [5.41, 5.74) is -1.46. The molecular weight excluding hydrogens is 370 g/mol. The van der Waals surface area contributed by atoms with Crippen molar-refractivity contribution in [3.63, 3.8) is 0 Å². The van der Waals surface area contributed by atoms with Crippen molar-refractivity contribution in [1.29, 1.82) is 5.26 Å². The molecule has 4 rings (SSSR count). The molecule has 28 heavy (non-hydrogen) atoms. The number of alkyl halides is 2. The second-order valence-corrected chi connectivity index (χ2v) is 7.25. The van der Waals surface area contributed by atoms with Gasteiger partial charge < -0.3 is 15.2 Å². The molecule has 2 N–H and O–H groups in total.